The molecule has 1 saturated heterocycles. The van der Waals surface area contributed by atoms with Crippen LogP contribution in [0.3, 0.4) is 0 Å². The lowest BCUT2D eigenvalue weighted by molar-refractivity contribution is -0.135. The largest absolute Gasteiger partial charge is 0.341 e. The zero-order valence-electron chi connectivity index (χ0n) is 14.5. The summed E-state index contributed by atoms with van der Waals surface area (Å²) in [5, 5.41) is 3.92. The predicted molar refractivity (Wildman–Crippen MR) is 94.7 cm³/mol. The van der Waals surface area contributed by atoms with Crippen LogP contribution >= 0.6 is 0 Å². The van der Waals surface area contributed by atoms with E-state index in [0.29, 0.717) is 36.1 Å². The molecule has 0 saturated carbocycles. The van der Waals surface area contributed by atoms with Crippen molar-refractivity contribution in [3.8, 4) is 11.5 Å². The molecule has 0 radical (unpaired) electrons. The first kappa shape index (κ1) is 17.0. The van der Waals surface area contributed by atoms with E-state index in [1.165, 1.54) is 0 Å². The molecule has 0 spiro atoms. The topological polar surface area (TPSA) is 102 Å². The molecule has 1 aliphatic heterocycles. The molecule has 8 heteroatoms. The molecule has 1 aromatic carbocycles. The van der Waals surface area contributed by atoms with Crippen molar-refractivity contribution in [1.29, 1.82) is 0 Å². The SMILES string of the molecule is O=C(CCC(=O)N1CC(c2nc(-c3cnccn3)no2)C1)c1ccccc1. The van der Waals surface area contributed by atoms with Gasteiger partial charge in [-0.25, -0.2) is 4.98 Å². The molecule has 0 aliphatic carbocycles. The number of ketones is 1. The molecule has 4 rings (SSSR count). The summed E-state index contributed by atoms with van der Waals surface area (Å²) in [6.45, 7) is 1.03. The summed E-state index contributed by atoms with van der Waals surface area (Å²) in [6, 6.07) is 9.01. The van der Waals surface area contributed by atoms with Gasteiger partial charge < -0.3 is 9.42 Å². The Balaban J connectivity index is 1.27. The maximum absolute atomic E-state index is 12.3. The second kappa shape index (κ2) is 7.45. The Labute approximate surface area is 155 Å². The Hall–Kier alpha value is -3.42. The van der Waals surface area contributed by atoms with Crippen LogP contribution in [0.4, 0.5) is 0 Å². The number of carbonyl (C=O) groups is 2. The molecule has 1 amide bonds. The number of nitrogens with zero attached hydrogens (tertiary/aromatic N) is 5. The van der Waals surface area contributed by atoms with Gasteiger partial charge in [0, 0.05) is 43.9 Å². The van der Waals surface area contributed by atoms with Gasteiger partial charge in [-0.1, -0.05) is 35.5 Å². The summed E-state index contributed by atoms with van der Waals surface area (Å²) in [7, 11) is 0. The van der Waals surface area contributed by atoms with Crippen molar-refractivity contribution in [2.45, 2.75) is 18.8 Å². The fourth-order valence-electron chi connectivity index (χ4n) is 2.90. The number of aromatic nitrogens is 4. The first-order chi connectivity index (χ1) is 13.2. The van der Waals surface area contributed by atoms with Crippen molar-refractivity contribution < 1.29 is 14.1 Å². The smallest absolute Gasteiger partial charge is 0.233 e. The molecule has 8 nitrogen and oxygen atoms in total. The van der Waals surface area contributed by atoms with Gasteiger partial charge in [0.1, 0.15) is 5.69 Å². The highest BCUT2D eigenvalue weighted by atomic mass is 16.5. The van der Waals surface area contributed by atoms with Crippen molar-refractivity contribution in [2.75, 3.05) is 13.1 Å². The lowest BCUT2D eigenvalue weighted by atomic mass is 9.98. The minimum Gasteiger partial charge on any atom is -0.341 e. The van der Waals surface area contributed by atoms with E-state index in [1.54, 1.807) is 35.6 Å². The third-order valence-corrected chi connectivity index (χ3v) is 4.48. The minimum absolute atomic E-state index is 0.0108. The van der Waals surface area contributed by atoms with E-state index >= 15 is 0 Å². The summed E-state index contributed by atoms with van der Waals surface area (Å²) < 4.78 is 5.29. The van der Waals surface area contributed by atoms with Gasteiger partial charge in [0.2, 0.25) is 17.6 Å². The van der Waals surface area contributed by atoms with Crippen LogP contribution in [0, 0.1) is 0 Å². The highest BCUT2D eigenvalue weighted by molar-refractivity contribution is 5.97. The number of hydrogen-bond donors (Lipinski definition) is 0. The Morgan fingerprint density at radius 1 is 1.11 bits per heavy atom. The van der Waals surface area contributed by atoms with E-state index < -0.39 is 0 Å². The quantitative estimate of drug-likeness (QED) is 0.618. The van der Waals surface area contributed by atoms with Gasteiger partial charge in [-0.2, -0.15) is 4.98 Å². The van der Waals surface area contributed by atoms with Crippen LogP contribution in [0.5, 0.6) is 0 Å². The Morgan fingerprint density at radius 2 is 1.93 bits per heavy atom. The number of carbonyl (C=O) groups excluding carboxylic acids is 2. The van der Waals surface area contributed by atoms with E-state index in [9.17, 15) is 9.59 Å². The van der Waals surface area contributed by atoms with Crippen molar-refractivity contribution in [2.24, 2.45) is 0 Å². The van der Waals surface area contributed by atoms with Crippen LogP contribution in [-0.4, -0.2) is 49.8 Å². The zero-order valence-corrected chi connectivity index (χ0v) is 14.5. The van der Waals surface area contributed by atoms with Gasteiger partial charge in [-0.15, -0.1) is 0 Å². The Morgan fingerprint density at radius 3 is 2.67 bits per heavy atom. The van der Waals surface area contributed by atoms with Crippen molar-refractivity contribution >= 4 is 11.7 Å². The first-order valence-corrected chi connectivity index (χ1v) is 8.67. The number of amides is 1. The molecule has 1 aliphatic rings. The van der Waals surface area contributed by atoms with Crippen LogP contribution in [-0.2, 0) is 4.79 Å². The number of benzene rings is 1. The predicted octanol–water partition coefficient (Wildman–Crippen LogP) is 2.12. The van der Waals surface area contributed by atoms with Gasteiger partial charge in [0.15, 0.2) is 5.78 Å². The minimum atomic E-state index is -0.0378. The molecule has 1 fully saturated rings. The maximum Gasteiger partial charge on any atom is 0.233 e. The Bertz CT molecular complexity index is 936. The molecule has 27 heavy (non-hydrogen) atoms. The maximum atomic E-state index is 12.3. The molecule has 136 valence electrons. The van der Waals surface area contributed by atoms with Crippen LogP contribution in [0.25, 0.3) is 11.5 Å². The summed E-state index contributed by atoms with van der Waals surface area (Å²) >= 11 is 0. The van der Waals surface area contributed by atoms with Crippen molar-refractivity contribution in [3.63, 3.8) is 0 Å². The molecule has 2 aromatic heterocycles. The first-order valence-electron chi connectivity index (χ1n) is 8.67. The number of hydrogen-bond acceptors (Lipinski definition) is 7. The van der Waals surface area contributed by atoms with Crippen molar-refractivity contribution in [1.82, 2.24) is 25.0 Å². The molecule has 0 atom stereocenters. The lowest BCUT2D eigenvalue weighted by Crippen LogP contribution is -2.48. The average molecular weight is 363 g/mol. The summed E-state index contributed by atoms with van der Waals surface area (Å²) in [5.74, 6) is 0.823. The average Bonchev–Trinajstić information content (AvgIpc) is 3.16. The standard InChI is InChI=1S/C19H17N5O3/c25-16(13-4-2-1-3-5-13)6-7-17(26)24-11-14(12-24)19-22-18(23-27-19)15-10-20-8-9-21-15/h1-5,8-10,14H,6-7,11-12H2. The molecule has 3 heterocycles. The highest BCUT2D eigenvalue weighted by Crippen LogP contribution is 2.27. The number of likely N-dealkylation sites (tertiary alicyclic amines) is 1. The van der Waals surface area contributed by atoms with Crippen LogP contribution in [0.2, 0.25) is 0 Å². The third-order valence-electron chi connectivity index (χ3n) is 4.48. The van der Waals surface area contributed by atoms with E-state index in [2.05, 4.69) is 20.1 Å². The van der Waals surface area contributed by atoms with E-state index in [0.717, 1.165) is 0 Å². The normalized spacial score (nSPS) is 14.0. The lowest BCUT2D eigenvalue weighted by Gasteiger charge is -2.37. The monoisotopic (exact) mass is 363 g/mol. The molecule has 0 N–H and O–H groups in total. The second-order valence-electron chi connectivity index (χ2n) is 6.33. The van der Waals surface area contributed by atoms with E-state index in [4.69, 9.17) is 4.52 Å². The van der Waals surface area contributed by atoms with Gasteiger partial charge in [0.05, 0.1) is 12.1 Å². The fraction of sp³-hybridized carbons (Fsp3) is 0.263. The van der Waals surface area contributed by atoms with Crippen LogP contribution in [0.15, 0.2) is 53.4 Å². The molecule has 3 aromatic rings. The summed E-state index contributed by atoms with van der Waals surface area (Å²) in [5.41, 5.74) is 1.17. The van der Waals surface area contributed by atoms with Crippen LogP contribution < -0.4 is 0 Å². The molecular formula is C19H17N5O3. The number of Topliss-reactive ketones (excluding diaryl/α,β-unsaturated/α-hetero) is 1. The Kier molecular flexibility index (Phi) is 4.69. The van der Waals surface area contributed by atoms with Gasteiger partial charge in [0.25, 0.3) is 0 Å². The van der Waals surface area contributed by atoms with Gasteiger partial charge in [-0.3, -0.25) is 14.6 Å². The van der Waals surface area contributed by atoms with Gasteiger partial charge >= 0.3 is 0 Å². The van der Waals surface area contributed by atoms with Crippen molar-refractivity contribution in [3.05, 3.63) is 60.4 Å². The third kappa shape index (κ3) is 3.74. The fourth-order valence-corrected chi connectivity index (χ4v) is 2.90. The molecular weight excluding hydrogens is 346 g/mol. The highest BCUT2D eigenvalue weighted by Gasteiger charge is 2.35. The summed E-state index contributed by atoms with van der Waals surface area (Å²) in [6.07, 6.45) is 5.11. The number of rotatable bonds is 6. The van der Waals surface area contributed by atoms with Gasteiger partial charge in [-0.05, 0) is 0 Å². The zero-order chi connectivity index (χ0) is 18.6. The van der Waals surface area contributed by atoms with E-state index in [-0.39, 0.29) is 30.4 Å². The molecule has 0 unspecified atom stereocenters. The second-order valence-corrected chi connectivity index (χ2v) is 6.33. The summed E-state index contributed by atoms with van der Waals surface area (Å²) in [4.78, 5) is 38.5. The van der Waals surface area contributed by atoms with E-state index in [1.807, 2.05) is 18.2 Å². The van der Waals surface area contributed by atoms with Crippen LogP contribution in [0.1, 0.15) is 35.0 Å². The molecule has 0 bridgehead atoms.